The van der Waals surface area contributed by atoms with Crippen LogP contribution in [0.15, 0.2) is 42.5 Å². The second-order valence-corrected chi connectivity index (χ2v) is 12.0. The maximum absolute atomic E-state index is 13.8. The molecule has 2 aromatic carbocycles. The van der Waals surface area contributed by atoms with Gasteiger partial charge < -0.3 is 20.6 Å². The van der Waals surface area contributed by atoms with Crippen LogP contribution >= 0.6 is 0 Å². The first-order valence-corrected chi connectivity index (χ1v) is 14.9. The van der Waals surface area contributed by atoms with Crippen LogP contribution in [0.4, 0.5) is 14.5 Å². The van der Waals surface area contributed by atoms with Crippen molar-refractivity contribution in [3.63, 3.8) is 0 Å². The Kier molecular flexibility index (Phi) is 13.3. The van der Waals surface area contributed by atoms with Gasteiger partial charge in [-0.05, 0) is 54.7 Å². The minimum Gasteiger partial charge on any atom is -0.390 e. The molecule has 0 spiro atoms. The molecule has 2 atom stereocenters. The zero-order valence-electron chi connectivity index (χ0n) is 23.3. The number of benzene rings is 2. The van der Waals surface area contributed by atoms with Crippen LogP contribution in [0.3, 0.4) is 0 Å². The standard InChI is InChI=1S/C28H42F2N4O4S/c1-5-11-34(12-6-2)39(37,38)13-10-28(36)32-26(17-22-14-23(29)18-24(30)15-22)27(35)20-31-19-21-8-7-9-25(16-21)33(3)4/h7-9,14-16,18,26-27,31,35H,5-6,10-13,17,19-20H2,1-4H3,(H,32,36)/t26-,27-/m0/s1. The van der Waals surface area contributed by atoms with E-state index in [1.54, 1.807) is 0 Å². The predicted molar refractivity (Wildman–Crippen MR) is 151 cm³/mol. The molecule has 8 nitrogen and oxygen atoms in total. The van der Waals surface area contributed by atoms with Gasteiger partial charge in [-0.3, -0.25) is 4.79 Å². The molecule has 39 heavy (non-hydrogen) atoms. The number of hydrogen-bond acceptors (Lipinski definition) is 6. The Hall–Kier alpha value is -2.60. The summed E-state index contributed by atoms with van der Waals surface area (Å²) in [6.45, 7) is 5.09. The Bertz CT molecular complexity index is 1140. The van der Waals surface area contributed by atoms with E-state index in [0.29, 0.717) is 32.5 Å². The largest absolute Gasteiger partial charge is 0.390 e. The summed E-state index contributed by atoms with van der Waals surface area (Å²) in [6.07, 6.45) is -0.112. The number of rotatable bonds is 17. The van der Waals surface area contributed by atoms with E-state index >= 15 is 0 Å². The molecule has 0 saturated carbocycles. The molecule has 0 radical (unpaired) electrons. The highest BCUT2D eigenvalue weighted by atomic mass is 32.2. The van der Waals surface area contributed by atoms with E-state index in [4.69, 9.17) is 0 Å². The second-order valence-electron chi connectivity index (χ2n) is 9.88. The zero-order chi connectivity index (χ0) is 29.0. The molecule has 0 aliphatic heterocycles. The van der Waals surface area contributed by atoms with Gasteiger partial charge in [0, 0.05) is 58.4 Å². The number of hydrogen-bond donors (Lipinski definition) is 3. The highest BCUT2D eigenvalue weighted by Gasteiger charge is 2.25. The van der Waals surface area contributed by atoms with Gasteiger partial charge in [0.05, 0.1) is 17.9 Å². The Morgan fingerprint density at radius 3 is 2.23 bits per heavy atom. The summed E-state index contributed by atoms with van der Waals surface area (Å²) in [7, 11) is 0.252. The van der Waals surface area contributed by atoms with Gasteiger partial charge in [0.1, 0.15) is 11.6 Å². The first kappa shape index (κ1) is 32.6. The molecule has 0 fully saturated rings. The molecule has 0 aliphatic rings. The third-order valence-electron chi connectivity index (χ3n) is 6.22. The normalized spacial score (nSPS) is 13.3. The van der Waals surface area contributed by atoms with E-state index in [2.05, 4.69) is 10.6 Å². The van der Waals surface area contributed by atoms with Crippen molar-refractivity contribution in [2.75, 3.05) is 44.4 Å². The molecule has 0 saturated heterocycles. The topological polar surface area (TPSA) is 102 Å². The van der Waals surface area contributed by atoms with Gasteiger partial charge in [-0.1, -0.05) is 26.0 Å². The fourth-order valence-electron chi connectivity index (χ4n) is 4.24. The Morgan fingerprint density at radius 1 is 1.00 bits per heavy atom. The fourth-order valence-corrected chi connectivity index (χ4v) is 5.86. The summed E-state index contributed by atoms with van der Waals surface area (Å²) >= 11 is 0. The lowest BCUT2D eigenvalue weighted by Gasteiger charge is -2.25. The number of anilines is 1. The number of aliphatic hydroxyl groups is 1. The van der Waals surface area contributed by atoms with Crippen LogP contribution in [-0.4, -0.2) is 75.4 Å². The van der Waals surface area contributed by atoms with Gasteiger partial charge in [0.2, 0.25) is 15.9 Å². The van der Waals surface area contributed by atoms with Crippen LogP contribution in [0.1, 0.15) is 44.2 Å². The van der Waals surface area contributed by atoms with Gasteiger partial charge >= 0.3 is 0 Å². The number of nitrogens with one attached hydrogen (secondary N) is 2. The maximum Gasteiger partial charge on any atom is 0.221 e. The van der Waals surface area contributed by atoms with E-state index in [0.717, 1.165) is 29.4 Å². The summed E-state index contributed by atoms with van der Waals surface area (Å²) in [5.41, 5.74) is 2.29. The number of nitrogens with zero attached hydrogens (tertiary/aromatic N) is 2. The van der Waals surface area contributed by atoms with Crippen molar-refractivity contribution in [3.05, 3.63) is 65.2 Å². The van der Waals surface area contributed by atoms with Crippen molar-refractivity contribution in [1.29, 1.82) is 0 Å². The smallest absolute Gasteiger partial charge is 0.221 e. The first-order valence-electron chi connectivity index (χ1n) is 13.3. The summed E-state index contributed by atoms with van der Waals surface area (Å²) in [4.78, 5) is 14.8. The average molecular weight is 569 g/mol. The third-order valence-corrected chi connectivity index (χ3v) is 8.10. The monoisotopic (exact) mass is 568 g/mol. The van der Waals surface area contributed by atoms with Gasteiger partial charge in [-0.25, -0.2) is 21.5 Å². The van der Waals surface area contributed by atoms with Crippen LogP contribution in [-0.2, 0) is 27.8 Å². The van der Waals surface area contributed by atoms with Gasteiger partial charge in [-0.2, -0.15) is 0 Å². The fraction of sp³-hybridized carbons (Fsp3) is 0.536. The minimum absolute atomic E-state index is 0.0378. The van der Waals surface area contributed by atoms with Gasteiger partial charge in [0.25, 0.3) is 0 Å². The van der Waals surface area contributed by atoms with Crippen LogP contribution < -0.4 is 15.5 Å². The summed E-state index contributed by atoms with van der Waals surface area (Å²) in [6, 6.07) is 10.0. The Balaban J connectivity index is 2.08. The summed E-state index contributed by atoms with van der Waals surface area (Å²) in [5, 5.41) is 16.8. The van der Waals surface area contributed by atoms with Crippen LogP contribution in [0.25, 0.3) is 0 Å². The Morgan fingerprint density at radius 2 is 1.64 bits per heavy atom. The molecule has 0 unspecified atom stereocenters. The molecule has 2 rings (SSSR count). The van der Waals surface area contributed by atoms with Crippen molar-refractivity contribution in [1.82, 2.24) is 14.9 Å². The van der Waals surface area contributed by atoms with E-state index < -0.39 is 39.7 Å². The summed E-state index contributed by atoms with van der Waals surface area (Å²) in [5.74, 6) is -2.45. The Labute approximate surface area is 231 Å². The van der Waals surface area contributed by atoms with Crippen molar-refractivity contribution in [2.24, 2.45) is 0 Å². The maximum atomic E-state index is 13.8. The van der Waals surface area contributed by atoms with Crippen LogP contribution in [0.2, 0.25) is 0 Å². The lowest BCUT2D eigenvalue weighted by atomic mass is 10.0. The predicted octanol–water partition coefficient (Wildman–Crippen LogP) is 3.05. The molecule has 11 heteroatoms. The highest BCUT2D eigenvalue weighted by Crippen LogP contribution is 2.15. The number of carbonyl (C=O) groups excluding carboxylic acids is 1. The van der Waals surface area contributed by atoms with Crippen molar-refractivity contribution >= 4 is 21.6 Å². The molecule has 1 amide bonds. The highest BCUT2D eigenvalue weighted by molar-refractivity contribution is 7.89. The molecule has 218 valence electrons. The van der Waals surface area contributed by atoms with Crippen molar-refractivity contribution in [3.8, 4) is 0 Å². The lowest BCUT2D eigenvalue weighted by Crippen LogP contribution is -2.49. The molecule has 3 N–H and O–H groups in total. The molecular weight excluding hydrogens is 526 g/mol. The van der Waals surface area contributed by atoms with Crippen LogP contribution in [0.5, 0.6) is 0 Å². The molecule has 0 bridgehead atoms. The van der Waals surface area contributed by atoms with E-state index in [-0.39, 0.29) is 30.7 Å². The SMILES string of the molecule is CCCN(CCC)S(=O)(=O)CCC(=O)N[C@@H](Cc1cc(F)cc(F)c1)[C@@H](O)CNCc1cccc(N(C)C)c1. The molecule has 0 aliphatic carbocycles. The number of halogens is 2. The molecule has 2 aromatic rings. The second kappa shape index (κ2) is 15.9. The molecule has 0 heterocycles. The van der Waals surface area contributed by atoms with Crippen molar-refractivity contribution in [2.45, 2.75) is 58.2 Å². The van der Waals surface area contributed by atoms with Crippen LogP contribution in [0, 0.1) is 11.6 Å². The molecular formula is C28H42F2N4O4S. The number of aliphatic hydroxyl groups excluding tert-OH is 1. The first-order chi connectivity index (χ1) is 18.4. The zero-order valence-corrected chi connectivity index (χ0v) is 24.1. The number of sulfonamides is 1. The quantitative estimate of drug-likeness (QED) is 0.271. The average Bonchev–Trinajstić information content (AvgIpc) is 2.86. The lowest BCUT2D eigenvalue weighted by molar-refractivity contribution is -0.122. The third kappa shape index (κ3) is 11.2. The molecule has 0 aromatic heterocycles. The van der Waals surface area contributed by atoms with E-state index in [1.165, 1.54) is 4.31 Å². The van der Waals surface area contributed by atoms with Gasteiger partial charge in [0.15, 0.2) is 0 Å². The van der Waals surface area contributed by atoms with Gasteiger partial charge in [-0.15, -0.1) is 0 Å². The van der Waals surface area contributed by atoms with Crippen molar-refractivity contribution < 1.29 is 27.1 Å². The van der Waals surface area contributed by atoms with E-state index in [9.17, 15) is 27.1 Å². The number of amides is 1. The number of carbonyl (C=O) groups is 1. The van der Waals surface area contributed by atoms with E-state index in [1.807, 2.05) is 57.1 Å². The summed E-state index contributed by atoms with van der Waals surface area (Å²) < 4.78 is 54.5. The minimum atomic E-state index is -3.63.